The molecule has 4 aromatic rings. The highest BCUT2D eigenvalue weighted by Crippen LogP contribution is 2.21. The maximum Gasteiger partial charge on any atom is 0.275 e. The summed E-state index contributed by atoms with van der Waals surface area (Å²) in [5, 5.41) is 18.6. The second-order valence-corrected chi connectivity index (χ2v) is 7.76. The minimum absolute atomic E-state index is 0.0949. The Bertz CT molecular complexity index is 1220. The van der Waals surface area contributed by atoms with Gasteiger partial charge in [-0.25, -0.2) is 5.43 Å². The van der Waals surface area contributed by atoms with E-state index in [2.05, 4.69) is 26.5 Å². The Labute approximate surface area is 188 Å². The van der Waals surface area contributed by atoms with E-state index in [1.807, 2.05) is 65.5 Å². The summed E-state index contributed by atoms with van der Waals surface area (Å²) in [6, 6.07) is 24.2. The molecule has 0 saturated heterocycles. The van der Waals surface area contributed by atoms with E-state index in [-0.39, 0.29) is 11.3 Å². The SMILES string of the molecule is O=C(N/N=C\c1cn(Cc2ccc(Br)cc2)nc1-c1ccccc1)c1ccccc1O. The first-order chi connectivity index (χ1) is 15.1. The standard InChI is InChI=1S/C24H19BrN4O2/c25-20-12-10-17(11-13-20)15-29-16-19(23(28-29)18-6-2-1-3-7-18)14-26-27-24(31)21-8-4-5-9-22(21)30/h1-14,16,30H,15H2,(H,27,31)/b26-14-. The molecule has 0 spiro atoms. The lowest BCUT2D eigenvalue weighted by atomic mass is 10.1. The number of phenols is 1. The van der Waals surface area contributed by atoms with Gasteiger partial charge in [-0.15, -0.1) is 0 Å². The van der Waals surface area contributed by atoms with Gasteiger partial charge in [0.15, 0.2) is 0 Å². The average molecular weight is 475 g/mol. The van der Waals surface area contributed by atoms with Crippen molar-refractivity contribution in [3.8, 4) is 17.0 Å². The first kappa shape index (κ1) is 20.6. The monoisotopic (exact) mass is 474 g/mol. The molecule has 0 atom stereocenters. The van der Waals surface area contributed by atoms with Crippen molar-refractivity contribution in [1.29, 1.82) is 0 Å². The number of hydrogen-bond donors (Lipinski definition) is 2. The molecule has 7 heteroatoms. The average Bonchev–Trinajstić information content (AvgIpc) is 3.18. The quantitative estimate of drug-likeness (QED) is 0.310. The Morgan fingerprint density at radius 2 is 1.74 bits per heavy atom. The molecule has 154 valence electrons. The molecule has 3 aromatic carbocycles. The Kier molecular flexibility index (Phi) is 6.24. The third-order valence-corrected chi connectivity index (χ3v) is 5.14. The zero-order valence-electron chi connectivity index (χ0n) is 16.4. The van der Waals surface area contributed by atoms with Crippen molar-refractivity contribution in [3.05, 3.63) is 106 Å². The molecule has 0 aliphatic carbocycles. The summed E-state index contributed by atoms with van der Waals surface area (Å²) in [6.07, 6.45) is 3.45. The van der Waals surface area contributed by atoms with E-state index in [0.29, 0.717) is 6.54 Å². The van der Waals surface area contributed by atoms with Gasteiger partial charge < -0.3 is 5.11 Å². The van der Waals surface area contributed by atoms with Gasteiger partial charge in [0.05, 0.1) is 18.3 Å². The maximum atomic E-state index is 12.3. The lowest BCUT2D eigenvalue weighted by Crippen LogP contribution is -2.17. The van der Waals surface area contributed by atoms with Gasteiger partial charge in [0.25, 0.3) is 5.91 Å². The number of nitrogens with zero attached hydrogens (tertiary/aromatic N) is 3. The van der Waals surface area contributed by atoms with Crippen molar-refractivity contribution in [2.45, 2.75) is 6.54 Å². The van der Waals surface area contributed by atoms with Gasteiger partial charge in [-0.2, -0.15) is 10.2 Å². The Morgan fingerprint density at radius 3 is 2.48 bits per heavy atom. The largest absolute Gasteiger partial charge is 0.507 e. The number of carbonyl (C=O) groups is 1. The van der Waals surface area contributed by atoms with Crippen LogP contribution in [0.25, 0.3) is 11.3 Å². The summed E-state index contributed by atoms with van der Waals surface area (Å²) in [5.41, 5.74) is 6.21. The molecule has 4 rings (SSSR count). The van der Waals surface area contributed by atoms with Crippen molar-refractivity contribution >= 4 is 28.1 Å². The molecule has 1 amide bonds. The van der Waals surface area contributed by atoms with Gasteiger partial charge in [-0.05, 0) is 29.8 Å². The predicted octanol–water partition coefficient (Wildman–Crippen LogP) is 4.83. The molecular weight excluding hydrogens is 456 g/mol. The molecule has 2 N–H and O–H groups in total. The fraction of sp³-hybridized carbons (Fsp3) is 0.0417. The van der Waals surface area contributed by atoms with Crippen LogP contribution in [0.5, 0.6) is 5.75 Å². The summed E-state index contributed by atoms with van der Waals surface area (Å²) in [5.74, 6) is -0.583. The molecule has 1 aromatic heterocycles. The van der Waals surface area contributed by atoms with Gasteiger partial charge in [-0.3, -0.25) is 9.48 Å². The van der Waals surface area contributed by atoms with Crippen LogP contribution < -0.4 is 5.43 Å². The molecule has 0 aliphatic heterocycles. The number of aromatic hydroxyl groups is 1. The smallest absolute Gasteiger partial charge is 0.275 e. The van der Waals surface area contributed by atoms with Gasteiger partial charge in [0, 0.05) is 21.8 Å². The van der Waals surface area contributed by atoms with Crippen LogP contribution in [-0.4, -0.2) is 27.0 Å². The van der Waals surface area contributed by atoms with Gasteiger partial charge in [0.2, 0.25) is 0 Å². The van der Waals surface area contributed by atoms with Crippen molar-refractivity contribution in [2.24, 2.45) is 5.10 Å². The number of amides is 1. The number of hydrazone groups is 1. The van der Waals surface area contributed by atoms with Crippen molar-refractivity contribution in [1.82, 2.24) is 15.2 Å². The number of carbonyl (C=O) groups excluding carboxylic acids is 1. The molecule has 0 radical (unpaired) electrons. The molecule has 0 unspecified atom stereocenters. The minimum atomic E-state index is -0.488. The maximum absolute atomic E-state index is 12.3. The second kappa shape index (κ2) is 9.40. The Hall–Kier alpha value is -3.71. The molecule has 31 heavy (non-hydrogen) atoms. The number of phenolic OH excluding ortho intramolecular Hbond substituents is 1. The molecule has 0 aliphatic rings. The number of nitrogens with one attached hydrogen (secondary N) is 1. The minimum Gasteiger partial charge on any atom is -0.507 e. The number of aromatic nitrogens is 2. The third kappa shape index (κ3) is 5.07. The van der Waals surface area contributed by atoms with E-state index in [1.54, 1.807) is 18.3 Å². The normalized spacial score (nSPS) is 11.0. The van der Waals surface area contributed by atoms with Gasteiger partial charge in [-0.1, -0.05) is 70.5 Å². The van der Waals surface area contributed by atoms with Gasteiger partial charge in [0.1, 0.15) is 11.4 Å². The molecule has 1 heterocycles. The number of rotatable bonds is 6. The van der Waals surface area contributed by atoms with E-state index in [9.17, 15) is 9.90 Å². The third-order valence-electron chi connectivity index (χ3n) is 4.61. The molecule has 0 saturated carbocycles. The van der Waals surface area contributed by atoms with E-state index >= 15 is 0 Å². The summed E-state index contributed by atoms with van der Waals surface area (Å²) < 4.78 is 2.87. The number of benzene rings is 3. The van der Waals surface area contributed by atoms with Crippen LogP contribution in [0.15, 0.2) is 94.6 Å². The molecular formula is C24H19BrN4O2. The molecule has 6 nitrogen and oxygen atoms in total. The van der Waals surface area contributed by atoms with E-state index in [0.717, 1.165) is 26.9 Å². The van der Waals surface area contributed by atoms with Crippen LogP contribution in [0.2, 0.25) is 0 Å². The lowest BCUT2D eigenvalue weighted by molar-refractivity contribution is 0.0952. The van der Waals surface area contributed by atoms with E-state index < -0.39 is 5.91 Å². The molecule has 0 bridgehead atoms. The second-order valence-electron chi connectivity index (χ2n) is 6.84. The highest BCUT2D eigenvalue weighted by molar-refractivity contribution is 9.10. The Balaban J connectivity index is 1.58. The Morgan fingerprint density at radius 1 is 1.03 bits per heavy atom. The van der Waals surface area contributed by atoms with Crippen LogP contribution >= 0.6 is 15.9 Å². The zero-order chi connectivity index (χ0) is 21.6. The summed E-state index contributed by atoms with van der Waals surface area (Å²) in [6.45, 7) is 0.602. The fourth-order valence-electron chi connectivity index (χ4n) is 3.10. The van der Waals surface area contributed by atoms with Crippen LogP contribution in [0, 0.1) is 0 Å². The predicted molar refractivity (Wildman–Crippen MR) is 124 cm³/mol. The molecule has 0 fully saturated rings. The number of para-hydroxylation sites is 1. The topological polar surface area (TPSA) is 79.5 Å². The van der Waals surface area contributed by atoms with Crippen molar-refractivity contribution in [3.63, 3.8) is 0 Å². The van der Waals surface area contributed by atoms with E-state index in [4.69, 9.17) is 5.10 Å². The number of halogens is 1. The highest BCUT2D eigenvalue weighted by atomic mass is 79.9. The van der Waals surface area contributed by atoms with Gasteiger partial charge >= 0.3 is 0 Å². The summed E-state index contributed by atoms with van der Waals surface area (Å²) in [4.78, 5) is 12.3. The van der Waals surface area contributed by atoms with Crippen LogP contribution in [-0.2, 0) is 6.54 Å². The fourth-order valence-corrected chi connectivity index (χ4v) is 3.36. The zero-order valence-corrected chi connectivity index (χ0v) is 18.0. The first-order valence-electron chi connectivity index (χ1n) is 9.59. The summed E-state index contributed by atoms with van der Waals surface area (Å²) in [7, 11) is 0. The van der Waals surface area contributed by atoms with Crippen molar-refractivity contribution in [2.75, 3.05) is 0 Å². The highest BCUT2D eigenvalue weighted by Gasteiger charge is 2.12. The van der Waals surface area contributed by atoms with Crippen LogP contribution in [0.4, 0.5) is 0 Å². The van der Waals surface area contributed by atoms with Crippen LogP contribution in [0.3, 0.4) is 0 Å². The van der Waals surface area contributed by atoms with Crippen molar-refractivity contribution < 1.29 is 9.90 Å². The number of hydrogen-bond acceptors (Lipinski definition) is 4. The lowest BCUT2D eigenvalue weighted by Gasteiger charge is -2.02. The first-order valence-corrected chi connectivity index (χ1v) is 10.4. The summed E-state index contributed by atoms with van der Waals surface area (Å²) >= 11 is 3.45. The van der Waals surface area contributed by atoms with Crippen LogP contribution in [0.1, 0.15) is 21.5 Å². The van der Waals surface area contributed by atoms with E-state index in [1.165, 1.54) is 12.1 Å².